The topological polar surface area (TPSA) is 576 Å². The Hall–Kier alpha value is -5.86. The third kappa shape index (κ3) is 19.0. The number of ether oxygens (including phenoxy) is 2. The maximum Gasteiger partial charge on any atom is 1.00 e. The molecule has 15 fully saturated rings. The number of esters is 2. The predicted molar refractivity (Wildman–Crippen MR) is 526 cm³/mol. The minimum absolute atomic E-state index is 0. The van der Waals surface area contributed by atoms with Crippen molar-refractivity contribution < 1.29 is 216 Å². The zero-order chi connectivity index (χ0) is 108. The molecule has 35 heteroatoms. The van der Waals surface area contributed by atoms with E-state index in [1.54, 1.807) is 67.7 Å². The summed E-state index contributed by atoms with van der Waals surface area (Å²) in [5, 5.41) is 141. The summed E-state index contributed by atoms with van der Waals surface area (Å²) in [5.74, 6) is -4.58. The van der Waals surface area contributed by atoms with Crippen molar-refractivity contribution in [2.45, 2.75) is 310 Å². The van der Waals surface area contributed by atoms with Crippen molar-refractivity contribution in [3.63, 3.8) is 0 Å². The normalized spacial score (nSPS) is 46.4. The number of aliphatic carboxylic acids is 1. The number of aliphatic hydroxyl groups excluding tert-OH is 7. The molecule has 20 rings (SSSR count). The van der Waals surface area contributed by atoms with Gasteiger partial charge in [-0.2, -0.15) is 0 Å². The molecule has 0 unspecified atom stereocenters. The van der Waals surface area contributed by atoms with Crippen LogP contribution in [0, 0.1) is 161 Å². The minimum atomic E-state index is -5.34. The summed E-state index contributed by atoms with van der Waals surface area (Å²) in [7, 11) is -5.34. The van der Waals surface area contributed by atoms with E-state index in [2.05, 4.69) is 53.0 Å². The van der Waals surface area contributed by atoms with Crippen LogP contribution in [0.5, 0.6) is 0 Å². The maximum atomic E-state index is 13.1. The van der Waals surface area contributed by atoms with Gasteiger partial charge in [0.2, 0.25) is 11.6 Å². The number of carboxylic acid groups (broad SMARTS) is 1. The van der Waals surface area contributed by atoms with Crippen molar-refractivity contribution in [2.75, 3.05) is 33.0 Å². The molecule has 0 radical (unpaired) electrons. The molecule has 15 saturated carbocycles. The number of carbonyl (C=O) groups is 13. The van der Waals surface area contributed by atoms with E-state index in [1.807, 2.05) is 65.0 Å². The molecule has 0 bridgehead atoms. The monoisotopic (exact) mass is 2110 g/mol. The van der Waals surface area contributed by atoms with Crippen LogP contribution in [0.2, 0.25) is 0 Å². The fourth-order valence-corrected chi connectivity index (χ4v) is 36.8. The molecule has 0 aromatic rings. The summed E-state index contributed by atoms with van der Waals surface area (Å²) in [6.45, 7) is 24.0. The standard InChI is InChI=1S/C26H34O8.C24H32O6.C22H30O5.C21H29O8P.C21H28O5.2Na/c1-14-10-16-17-7-9-26(33,20(29)13-34-22(32)5-4-21(30)31)25(17,3)12-19(28)23(16)24(2)8-6-15(27)11-18(14)24;1-13-9-16-17-6-8-24(29,20(28)12-30-14(2)25)23(17,4)11-19(27)21(16)22(3)7-5-15(26)10-18(13)22;1-12-8-14-15-5-7-22(27,18(26)11-23)21(15,3)10-17(25)19(14)20(2)6-4-13(24)9-16(12)20;1-19-7-5-13(22)9-12(19)3-4-14-15-6-8-21(25,17(24)11-29-30(26,27)28)20(15,2)10-16(23)18(14)19;1-19-7-5-13(23)9-12(19)3-4-14-15-6-8-21(26,17(25)11-22)20(15,2)10-16(24)18(14)19;;/h6,8,11,14,16-17,19,23,28,33H,4-5,7,9-10,12-13H2,1-3H3,(H,30,31);5,7,10,13,16-17,19,21,27,29H,6,8-9,11-12H2,1-4H3;4,6,9,12,14-15,17,19,23,25,27H,5,7-8,10-11H2,1-3H3;5,7,9,14-16,18,23,25H,3-4,6,8,10-11H2,1-2H3,(H2,26,27,28);5,7,9,14-16,18,22,24,26H,3-4,6,8,10-11H2,1-2H3;;/q;;;;;2*+1/p-2/t14-,16-,17-,19-,23+,24-,25-,26-;13-,16-,17-,19-,21+,22-,23-,24-;12-,14-,15-,17-,19+,20-,21-,22-;2*14-,15-,16-,18+,19-,20-,21-;;/m00000../s1. The van der Waals surface area contributed by atoms with Gasteiger partial charge in [0, 0.05) is 90.7 Å². The van der Waals surface area contributed by atoms with E-state index in [9.17, 15) is 138 Å². The number of ketones is 10. The van der Waals surface area contributed by atoms with Gasteiger partial charge in [-0.25, -0.2) is 0 Å². The van der Waals surface area contributed by atoms with Crippen LogP contribution >= 0.6 is 7.82 Å². The zero-order valence-electron chi connectivity index (χ0n) is 89.0. The second-order valence-electron chi connectivity index (χ2n) is 50.1. The molecule has 38 atom stereocenters. The molecule has 32 nitrogen and oxygen atoms in total. The summed E-state index contributed by atoms with van der Waals surface area (Å²) in [4.78, 5) is 178. The molecule has 0 amide bonds. The molecule has 0 aliphatic heterocycles. The number of phosphoric ester groups is 1. The van der Waals surface area contributed by atoms with Gasteiger partial charge >= 0.3 is 77.0 Å². The first-order valence-electron chi connectivity index (χ1n) is 53.2. The number of aliphatic hydroxyl groups is 12. The molecule has 0 spiro atoms. The Morgan fingerprint density at radius 2 is 0.611 bits per heavy atom. The van der Waals surface area contributed by atoms with Crippen LogP contribution < -0.4 is 68.9 Å². The van der Waals surface area contributed by atoms with Gasteiger partial charge in [0.15, 0.2) is 59.5 Å². The number of carbonyl (C=O) groups excluding carboxylic acids is 12. The Morgan fingerprint density at radius 3 is 0.879 bits per heavy atom. The molecule has 13 N–H and O–H groups in total. The molecule has 20 aliphatic rings. The smallest absolute Gasteiger partial charge is 0.790 e. The number of phosphoric acid groups is 1. The van der Waals surface area contributed by atoms with Crippen LogP contribution in [0.4, 0.5) is 0 Å². The van der Waals surface area contributed by atoms with Crippen LogP contribution in [0.3, 0.4) is 0 Å². The maximum absolute atomic E-state index is 13.1. The molecule has 0 aromatic heterocycles. The van der Waals surface area contributed by atoms with Gasteiger partial charge in [0.25, 0.3) is 0 Å². The summed E-state index contributed by atoms with van der Waals surface area (Å²) >= 11 is 0. The third-order valence-corrected chi connectivity index (χ3v) is 43.9. The molecular formula is C114H151Na2O32P. The van der Waals surface area contributed by atoms with Crippen molar-refractivity contribution in [3.8, 4) is 0 Å². The second-order valence-corrected chi connectivity index (χ2v) is 51.3. The fourth-order valence-electron chi connectivity index (χ4n) is 36.6. The van der Waals surface area contributed by atoms with Gasteiger partial charge in [-0.1, -0.05) is 148 Å². The third-order valence-electron chi connectivity index (χ3n) is 43.5. The van der Waals surface area contributed by atoms with Gasteiger partial charge < -0.3 is 94.7 Å². The summed E-state index contributed by atoms with van der Waals surface area (Å²) < 4.78 is 24.8. The number of rotatable bonds is 17. The minimum Gasteiger partial charge on any atom is -0.790 e. The molecular weight excluding hydrogens is 1960 g/mol. The van der Waals surface area contributed by atoms with Crippen LogP contribution in [0.15, 0.2) is 119 Å². The number of hydrogen-bond acceptors (Lipinski definition) is 31. The SMILES string of the molecule is CC(=O)OCC(=O)[C@@]1(O)CC[C@H]2[C@@H]3C[C@H](C)C4=CC(=O)C=C[C@]4(C)[C@H]3[C@@H](O)C[C@@]21C.C[C@H]1C[C@@H]2[C@H]([C@@H](O)C[C@@]3(C)[C@H]2CC[C@]3(O)C(=O)CO)[C@@]2(C)C=CC(=O)C=C12.C[C@H]1C[C@@H]2[C@H]([C@@H](O)C[C@@]3(C)[C@H]2CC[C@]3(O)C(=O)COC(=O)CCC(=O)O)[C@@]2(C)C=CC(=O)C=C12.C[C@]12C=CC(=O)C=C1CC[C@@H]1[C@@H]2[C@@H](O)C[C@@]2(C)[C@H]1CC[C@]2(O)C(=O)CO.C[C@]12C=CC(=O)C=C1CC[C@@H]1[C@@H]2[C@@H](O)C[C@@]2(C)[C@H]1CC[C@]2(O)C(=O)COP(=O)([O-])[O-].[Na+].[Na+]. The van der Waals surface area contributed by atoms with Crippen LogP contribution in [0.25, 0.3) is 0 Å². The Bertz CT molecular complexity index is 5820. The Balaban J connectivity index is 0.000000147. The first kappa shape index (κ1) is 119. The van der Waals surface area contributed by atoms with Gasteiger partial charge in [-0.3, -0.25) is 62.3 Å². The molecule has 0 aromatic carbocycles. The van der Waals surface area contributed by atoms with E-state index in [0.29, 0.717) is 64.2 Å². The van der Waals surface area contributed by atoms with Gasteiger partial charge in [-0.05, 0) is 279 Å². The molecule has 806 valence electrons. The Kier molecular flexibility index (Phi) is 33.3. The number of fused-ring (bicyclic) bond motifs is 25. The molecule has 20 aliphatic carbocycles. The Morgan fingerprint density at radius 1 is 0.362 bits per heavy atom. The van der Waals surface area contributed by atoms with Gasteiger partial charge in [0.1, 0.15) is 47.8 Å². The van der Waals surface area contributed by atoms with E-state index in [1.165, 1.54) is 6.92 Å². The van der Waals surface area contributed by atoms with E-state index in [4.69, 9.17) is 14.6 Å². The summed E-state index contributed by atoms with van der Waals surface area (Å²) in [6.07, 6.45) is 33.3. The molecule has 0 heterocycles. The number of hydrogen-bond donors (Lipinski definition) is 13. The van der Waals surface area contributed by atoms with E-state index < -0.39 is 190 Å². The van der Waals surface area contributed by atoms with Crippen molar-refractivity contribution >= 4 is 83.6 Å². The Labute approximate surface area is 915 Å². The second kappa shape index (κ2) is 41.8. The largest absolute Gasteiger partial charge is 1.00 e. The summed E-state index contributed by atoms with van der Waals surface area (Å²) in [5.41, 5.74) is -9.16. The fraction of sp³-hybridized carbons (Fsp3) is 0.711. The van der Waals surface area contributed by atoms with Crippen molar-refractivity contribution in [2.24, 2.45) is 161 Å². The van der Waals surface area contributed by atoms with Crippen LogP contribution in [-0.2, 0) is 80.9 Å². The first-order valence-corrected chi connectivity index (χ1v) is 54.6. The molecule has 0 saturated heterocycles. The molecule has 149 heavy (non-hydrogen) atoms. The quantitative estimate of drug-likeness (QED) is 0.0565. The average molecular weight is 2110 g/mol. The van der Waals surface area contributed by atoms with Crippen molar-refractivity contribution in [3.05, 3.63) is 119 Å². The van der Waals surface area contributed by atoms with Crippen LogP contribution in [-0.4, -0.2) is 234 Å². The summed E-state index contributed by atoms with van der Waals surface area (Å²) in [6, 6.07) is 0. The van der Waals surface area contributed by atoms with Crippen LogP contribution in [0.1, 0.15) is 251 Å². The van der Waals surface area contributed by atoms with Gasteiger partial charge in [0.05, 0.1) is 51.2 Å². The van der Waals surface area contributed by atoms with Crippen molar-refractivity contribution in [1.82, 2.24) is 0 Å². The average Bonchev–Trinajstić information content (AvgIpc) is 1.55. The number of Topliss-reactive ketones (excluding diaryl/α,β-unsaturated/α-hetero) is 5. The zero-order valence-corrected chi connectivity index (χ0v) is 93.9. The van der Waals surface area contributed by atoms with Crippen molar-refractivity contribution in [1.29, 1.82) is 0 Å². The van der Waals surface area contributed by atoms with E-state index in [0.717, 1.165) is 79.2 Å². The number of carboxylic acids is 1. The van der Waals surface area contributed by atoms with Gasteiger partial charge in [-0.15, -0.1) is 0 Å². The van der Waals surface area contributed by atoms with E-state index in [-0.39, 0.29) is 244 Å². The predicted octanol–water partition coefficient (Wildman–Crippen LogP) is 2.37. The first-order chi connectivity index (χ1) is 68.3. The van der Waals surface area contributed by atoms with E-state index >= 15 is 0 Å². The number of allylic oxidation sites excluding steroid dienone is 20.